The Morgan fingerprint density at radius 2 is 0.905 bits per heavy atom. The highest BCUT2D eigenvalue weighted by Gasteiger charge is 2.82. The van der Waals surface area contributed by atoms with Crippen LogP contribution in [0.4, 0.5) is 0 Å². The molecule has 1 saturated heterocycles. The molecule has 2 fully saturated rings. The van der Waals surface area contributed by atoms with E-state index in [1.54, 1.807) is 0 Å². The van der Waals surface area contributed by atoms with Crippen molar-refractivity contribution in [1.29, 1.82) is 0 Å². The number of hydrogen-bond acceptors (Lipinski definition) is 3. The lowest BCUT2D eigenvalue weighted by Gasteiger charge is -2.38. The third-order valence-corrected chi connectivity index (χ3v) is 10.5. The van der Waals surface area contributed by atoms with Gasteiger partial charge in [-0.15, -0.1) is 0 Å². The van der Waals surface area contributed by atoms with Crippen LogP contribution in [0.15, 0.2) is 109 Å². The molecule has 2 amide bonds. The van der Waals surface area contributed by atoms with Crippen LogP contribution < -0.4 is 0 Å². The van der Waals surface area contributed by atoms with E-state index in [-0.39, 0.29) is 23.6 Å². The summed E-state index contributed by atoms with van der Waals surface area (Å²) in [7, 11) is 0. The number of ketones is 1. The van der Waals surface area contributed by atoms with E-state index in [1.807, 2.05) is 98.8 Å². The number of amides is 2. The summed E-state index contributed by atoms with van der Waals surface area (Å²) in [5.41, 5.74) is 0.767. The smallest absolute Gasteiger partial charge is 0.235 e. The Balaban J connectivity index is 1.63. The minimum Gasteiger partial charge on any atom is -0.297 e. The first-order chi connectivity index (χ1) is 20.5. The van der Waals surface area contributed by atoms with Gasteiger partial charge in [-0.1, -0.05) is 123 Å². The molecule has 4 heteroatoms. The molecule has 1 aliphatic heterocycles. The number of benzene rings is 5. The van der Waals surface area contributed by atoms with Crippen molar-refractivity contribution < 1.29 is 14.4 Å². The molecular weight excluding hydrogens is 518 g/mol. The molecule has 42 heavy (non-hydrogen) atoms. The summed E-state index contributed by atoms with van der Waals surface area (Å²) < 4.78 is 0. The van der Waals surface area contributed by atoms with Crippen LogP contribution in [0.25, 0.3) is 21.5 Å². The number of likely N-dealkylation sites (tertiary alicyclic amines) is 1. The summed E-state index contributed by atoms with van der Waals surface area (Å²) in [5, 5.41) is 4.05. The average Bonchev–Trinajstić information content (AvgIpc) is 3.55. The SMILES string of the molecule is CCC(CC)N1C(=O)[C@@H]2[C@H](C1=O)[C@@]1(c3ccccc3)C(=O)[C@]2(c2ccccc2)c2c1c1ccccc1c1ccccc21. The molecule has 206 valence electrons. The molecule has 4 atom stereocenters. The highest BCUT2D eigenvalue weighted by atomic mass is 16.2. The molecule has 1 heterocycles. The van der Waals surface area contributed by atoms with Crippen molar-refractivity contribution in [2.24, 2.45) is 11.8 Å². The van der Waals surface area contributed by atoms with Crippen LogP contribution in [-0.4, -0.2) is 28.5 Å². The summed E-state index contributed by atoms with van der Waals surface area (Å²) in [5.74, 6) is -2.12. The second-order valence-electron chi connectivity index (χ2n) is 12.0. The largest absolute Gasteiger partial charge is 0.297 e. The second kappa shape index (κ2) is 8.72. The van der Waals surface area contributed by atoms with Crippen molar-refractivity contribution in [2.75, 3.05) is 0 Å². The van der Waals surface area contributed by atoms with E-state index >= 15 is 4.79 Å². The Morgan fingerprint density at radius 3 is 1.29 bits per heavy atom. The molecule has 0 N–H and O–H groups in total. The van der Waals surface area contributed by atoms with Crippen molar-refractivity contribution >= 4 is 39.1 Å². The van der Waals surface area contributed by atoms with Crippen LogP contribution in [0, 0.1) is 11.8 Å². The van der Waals surface area contributed by atoms with E-state index in [0.29, 0.717) is 12.8 Å². The molecule has 1 saturated carbocycles. The number of nitrogens with zero attached hydrogens (tertiary/aromatic N) is 1. The van der Waals surface area contributed by atoms with E-state index in [9.17, 15) is 9.59 Å². The molecule has 8 rings (SSSR count). The normalized spacial score (nSPS) is 26.1. The van der Waals surface area contributed by atoms with Crippen LogP contribution >= 0.6 is 0 Å². The molecule has 0 aromatic heterocycles. The van der Waals surface area contributed by atoms with Gasteiger partial charge in [0.25, 0.3) is 0 Å². The Hall–Kier alpha value is -4.57. The Morgan fingerprint density at radius 1 is 0.548 bits per heavy atom. The van der Waals surface area contributed by atoms with E-state index in [0.717, 1.165) is 43.8 Å². The Kier molecular flexibility index (Phi) is 5.22. The lowest BCUT2D eigenvalue weighted by Crippen LogP contribution is -2.48. The van der Waals surface area contributed by atoms with Gasteiger partial charge >= 0.3 is 0 Å². The third kappa shape index (κ3) is 2.67. The topological polar surface area (TPSA) is 54.5 Å². The fourth-order valence-electron chi connectivity index (χ4n) is 8.98. The zero-order valence-corrected chi connectivity index (χ0v) is 23.7. The third-order valence-electron chi connectivity index (χ3n) is 10.5. The zero-order valence-electron chi connectivity index (χ0n) is 23.7. The second-order valence-corrected chi connectivity index (χ2v) is 12.0. The van der Waals surface area contributed by atoms with Crippen LogP contribution in [0.1, 0.15) is 48.9 Å². The first kappa shape index (κ1) is 25.2. The molecule has 2 aliphatic carbocycles. The van der Waals surface area contributed by atoms with Crippen LogP contribution in [0.2, 0.25) is 0 Å². The van der Waals surface area contributed by atoms with Gasteiger partial charge in [-0.2, -0.15) is 0 Å². The first-order valence-corrected chi connectivity index (χ1v) is 15.0. The van der Waals surface area contributed by atoms with Gasteiger partial charge in [0.15, 0.2) is 5.78 Å². The predicted octanol–water partition coefficient (Wildman–Crippen LogP) is 6.95. The van der Waals surface area contributed by atoms with E-state index in [1.165, 1.54) is 4.90 Å². The van der Waals surface area contributed by atoms with E-state index in [4.69, 9.17) is 0 Å². The summed E-state index contributed by atoms with van der Waals surface area (Å²) in [6.45, 7) is 4.05. The van der Waals surface area contributed by atoms with Crippen molar-refractivity contribution in [3.05, 3.63) is 131 Å². The van der Waals surface area contributed by atoms with E-state index in [2.05, 4.69) is 24.3 Å². The number of Topliss-reactive ketones (excluding diaryl/α,β-unsaturated/α-hetero) is 1. The Labute approximate surface area is 245 Å². The molecule has 0 unspecified atom stereocenters. The van der Waals surface area contributed by atoms with Crippen molar-refractivity contribution in [3.63, 3.8) is 0 Å². The molecule has 2 bridgehead atoms. The fourth-order valence-corrected chi connectivity index (χ4v) is 8.98. The van der Waals surface area contributed by atoms with Crippen LogP contribution in [0.3, 0.4) is 0 Å². The van der Waals surface area contributed by atoms with Crippen LogP contribution in [0.5, 0.6) is 0 Å². The number of fused-ring (bicyclic) bond motifs is 13. The van der Waals surface area contributed by atoms with Gasteiger partial charge < -0.3 is 0 Å². The number of carbonyl (C=O) groups is 3. The number of imide groups is 1. The molecule has 3 aliphatic rings. The maximum atomic E-state index is 15.8. The zero-order chi connectivity index (χ0) is 28.8. The van der Waals surface area contributed by atoms with Gasteiger partial charge in [0.05, 0.1) is 22.7 Å². The number of carbonyl (C=O) groups excluding carboxylic acids is 3. The molecule has 0 spiro atoms. The summed E-state index contributed by atoms with van der Waals surface area (Å²) in [6, 6.07) is 35.8. The van der Waals surface area contributed by atoms with Crippen molar-refractivity contribution in [1.82, 2.24) is 4.90 Å². The van der Waals surface area contributed by atoms with Gasteiger partial charge in [-0.3, -0.25) is 19.3 Å². The van der Waals surface area contributed by atoms with Gasteiger partial charge in [0, 0.05) is 6.04 Å². The standard InChI is InChI=1S/C38H31NO3/c1-3-25(4-2)39-34(40)32-33(35(39)41)38(24-17-9-6-10-18-24)31-29-22-14-12-20-27(29)26-19-11-13-21-28(26)30(31)37(32,36(38)42)23-15-7-5-8-16-23/h5-22,25,32-33H,3-4H2,1-2H3/t32-,33+,37+,38-. The van der Waals surface area contributed by atoms with Gasteiger partial charge in [0.2, 0.25) is 11.8 Å². The quantitative estimate of drug-likeness (QED) is 0.176. The summed E-state index contributed by atoms with van der Waals surface area (Å²) in [6.07, 6.45) is 1.35. The first-order valence-electron chi connectivity index (χ1n) is 15.0. The van der Waals surface area contributed by atoms with E-state index < -0.39 is 22.7 Å². The molecule has 5 aromatic carbocycles. The summed E-state index contributed by atoms with van der Waals surface area (Å²) in [4.78, 5) is 46.9. The highest BCUT2D eigenvalue weighted by Crippen LogP contribution is 2.72. The minimum atomic E-state index is -1.30. The average molecular weight is 550 g/mol. The Bertz CT molecular complexity index is 1810. The fraction of sp³-hybridized carbons (Fsp3) is 0.237. The van der Waals surface area contributed by atoms with Crippen molar-refractivity contribution in [2.45, 2.75) is 43.6 Å². The van der Waals surface area contributed by atoms with Gasteiger partial charge in [-0.25, -0.2) is 0 Å². The van der Waals surface area contributed by atoms with Gasteiger partial charge in [-0.05, 0) is 56.6 Å². The van der Waals surface area contributed by atoms with Gasteiger partial charge in [0.1, 0.15) is 0 Å². The lowest BCUT2D eigenvalue weighted by molar-refractivity contribution is -0.146. The molecule has 0 radical (unpaired) electrons. The lowest BCUT2D eigenvalue weighted by atomic mass is 9.59. The minimum absolute atomic E-state index is 0.0511. The molecule has 4 nitrogen and oxygen atoms in total. The maximum Gasteiger partial charge on any atom is 0.235 e. The summed E-state index contributed by atoms with van der Waals surface area (Å²) >= 11 is 0. The maximum absolute atomic E-state index is 15.8. The molecular formula is C38H31NO3. The monoisotopic (exact) mass is 549 g/mol. The van der Waals surface area contributed by atoms with Crippen molar-refractivity contribution in [3.8, 4) is 0 Å². The number of hydrogen-bond donors (Lipinski definition) is 0. The number of rotatable bonds is 5. The highest BCUT2D eigenvalue weighted by molar-refractivity contribution is 6.29. The van der Waals surface area contributed by atoms with Crippen LogP contribution in [-0.2, 0) is 25.2 Å². The molecule has 5 aromatic rings. The predicted molar refractivity (Wildman–Crippen MR) is 164 cm³/mol.